The molecule has 2 bridgehead atoms. The number of carbonyl (C=O) groups is 1. The highest BCUT2D eigenvalue weighted by atomic mass is 16.7. The first kappa shape index (κ1) is 5.14. The first-order valence-corrected chi connectivity index (χ1v) is 2.85. The lowest BCUT2D eigenvalue weighted by atomic mass is 10.2. The van der Waals surface area contributed by atoms with E-state index in [4.69, 9.17) is 9.47 Å². The maximum absolute atomic E-state index is 10.2. The largest absolute Gasteiger partial charge is 0.338 e. The second-order valence-electron chi connectivity index (χ2n) is 2.09. The monoisotopic (exact) mass is 126 g/mol. The predicted octanol–water partition coefficient (Wildman–Crippen LogP) is -0.135. The van der Waals surface area contributed by atoms with Crippen LogP contribution in [0.5, 0.6) is 0 Å². The maximum Gasteiger partial charge on any atom is 0.178 e. The molecule has 3 heteroatoms. The Bertz CT molecular complexity index is 164. The highest BCUT2D eigenvalue weighted by Gasteiger charge is 2.37. The highest BCUT2D eigenvalue weighted by Crippen LogP contribution is 2.25. The van der Waals surface area contributed by atoms with Crippen LogP contribution in [-0.2, 0) is 14.3 Å². The lowest BCUT2D eigenvalue weighted by molar-refractivity contribution is -0.117. The molecule has 3 nitrogen and oxygen atoms in total. The Balaban J connectivity index is 2.19. The van der Waals surface area contributed by atoms with E-state index in [9.17, 15) is 4.79 Å². The van der Waals surface area contributed by atoms with Crippen LogP contribution >= 0.6 is 0 Å². The number of ether oxygens (including phenoxy) is 2. The molecule has 2 aliphatic rings. The number of hydrogen-bond donors (Lipinski definition) is 0. The number of carbonyl (C=O) groups excluding carboxylic acids is 1. The molecule has 0 spiro atoms. The summed E-state index contributed by atoms with van der Waals surface area (Å²) in [5.74, 6) is 0. The van der Waals surface area contributed by atoms with Crippen molar-refractivity contribution in [3.8, 4) is 0 Å². The molecule has 1 fully saturated rings. The molecule has 0 amide bonds. The minimum Gasteiger partial charge on any atom is -0.338 e. The molecule has 0 aromatic carbocycles. The van der Waals surface area contributed by atoms with Gasteiger partial charge in [0, 0.05) is 0 Å². The van der Waals surface area contributed by atoms with Crippen LogP contribution in [0.2, 0.25) is 0 Å². The standard InChI is InChI=1S/C6H6O3/c7-3-5-4-1-2-6(8-4)9-5/h1-6H. The Morgan fingerprint density at radius 2 is 2.22 bits per heavy atom. The molecule has 1 saturated heterocycles. The zero-order valence-electron chi connectivity index (χ0n) is 4.69. The van der Waals surface area contributed by atoms with Gasteiger partial charge in [-0.25, -0.2) is 0 Å². The van der Waals surface area contributed by atoms with E-state index in [2.05, 4.69) is 0 Å². The van der Waals surface area contributed by atoms with Gasteiger partial charge in [-0.05, 0) is 6.08 Å². The van der Waals surface area contributed by atoms with Crippen LogP contribution in [-0.4, -0.2) is 24.8 Å². The fourth-order valence-corrected chi connectivity index (χ4v) is 1.05. The van der Waals surface area contributed by atoms with Gasteiger partial charge in [-0.1, -0.05) is 6.08 Å². The topological polar surface area (TPSA) is 35.5 Å². The van der Waals surface area contributed by atoms with E-state index in [0.717, 1.165) is 6.29 Å². The van der Waals surface area contributed by atoms with Crippen molar-refractivity contribution >= 4 is 6.29 Å². The van der Waals surface area contributed by atoms with Gasteiger partial charge in [0.15, 0.2) is 12.6 Å². The summed E-state index contributed by atoms with van der Waals surface area (Å²) in [6.07, 6.45) is 3.70. The van der Waals surface area contributed by atoms with Gasteiger partial charge in [-0.2, -0.15) is 0 Å². The third-order valence-electron chi connectivity index (χ3n) is 1.50. The Morgan fingerprint density at radius 3 is 2.56 bits per heavy atom. The van der Waals surface area contributed by atoms with E-state index in [1.165, 1.54) is 0 Å². The van der Waals surface area contributed by atoms with Crippen molar-refractivity contribution in [1.29, 1.82) is 0 Å². The fourth-order valence-electron chi connectivity index (χ4n) is 1.05. The fraction of sp³-hybridized carbons (Fsp3) is 0.500. The summed E-state index contributed by atoms with van der Waals surface area (Å²) in [6, 6.07) is 0. The van der Waals surface area contributed by atoms with Gasteiger partial charge in [-0.3, -0.25) is 0 Å². The number of fused-ring (bicyclic) bond motifs is 2. The summed E-state index contributed by atoms with van der Waals surface area (Å²) >= 11 is 0. The molecule has 0 aliphatic carbocycles. The zero-order valence-corrected chi connectivity index (χ0v) is 4.69. The van der Waals surface area contributed by atoms with Crippen LogP contribution in [0.25, 0.3) is 0 Å². The molecule has 3 atom stereocenters. The van der Waals surface area contributed by atoms with Crippen LogP contribution in [0, 0.1) is 0 Å². The van der Waals surface area contributed by atoms with Crippen molar-refractivity contribution in [2.24, 2.45) is 0 Å². The third kappa shape index (κ3) is 0.620. The Kier molecular flexibility index (Phi) is 0.944. The van der Waals surface area contributed by atoms with Gasteiger partial charge in [0.25, 0.3) is 0 Å². The lowest BCUT2D eigenvalue weighted by Crippen LogP contribution is -2.22. The Morgan fingerprint density at radius 1 is 1.33 bits per heavy atom. The van der Waals surface area contributed by atoms with E-state index in [1.54, 1.807) is 0 Å². The molecule has 2 rings (SSSR count). The molecule has 3 unspecified atom stereocenters. The Labute approximate surface area is 52.3 Å². The van der Waals surface area contributed by atoms with Crippen LogP contribution in [0.1, 0.15) is 0 Å². The quantitative estimate of drug-likeness (QED) is 0.362. The number of aldehydes is 1. The van der Waals surface area contributed by atoms with Crippen molar-refractivity contribution in [3.05, 3.63) is 12.2 Å². The highest BCUT2D eigenvalue weighted by molar-refractivity contribution is 5.59. The molecule has 48 valence electrons. The molecule has 0 saturated carbocycles. The molecule has 2 aliphatic heterocycles. The van der Waals surface area contributed by atoms with Gasteiger partial charge >= 0.3 is 0 Å². The second kappa shape index (κ2) is 1.65. The van der Waals surface area contributed by atoms with Gasteiger partial charge in [0.05, 0.1) is 0 Å². The first-order chi connectivity index (χ1) is 4.40. The lowest BCUT2D eigenvalue weighted by Gasteiger charge is -2.05. The smallest absolute Gasteiger partial charge is 0.178 e. The minimum absolute atomic E-state index is 0.118. The van der Waals surface area contributed by atoms with E-state index >= 15 is 0 Å². The molecule has 0 aromatic heterocycles. The molecule has 9 heavy (non-hydrogen) atoms. The summed E-state index contributed by atoms with van der Waals surface area (Å²) in [5, 5.41) is 0. The van der Waals surface area contributed by atoms with E-state index in [0.29, 0.717) is 0 Å². The van der Waals surface area contributed by atoms with Gasteiger partial charge < -0.3 is 14.3 Å². The summed E-state index contributed by atoms with van der Waals surface area (Å²) < 4.78 is 10.1. The summed E-state index contributed by atoms with van der Waals surface area (Å²) in [4.78, 5) is 10.2. The summed E-state index contributed by atoms with van der Waals surface area (Å²) in [6.45, 7) is 0. The summed E-state index contributed by atoms with van der Waals surface area (Å²) in [5.41, 5.74) is 0. The Hall–Kier alpha value is -0.670. The van der Waals surface area contributed by atoms with Crippen LogP contribution < -0.4 is 0 Å². The van der Waals surface area contributed by atoms with E-state index < -0.39 is 0 Å². The van der Waals surface area contributed by atoms with Gasteiger partial charge in [0.2, 0.25) is 0 Å². The van der Waals surface area contributed by atoms with Crippen molar-refractivity contribution in [3.63, 3.8) is 0 Å². The van der Waals surface area contributed by atoms with E-state index in [-0.39, 0.29) is 18.5 Å². The molecular formula is C6H6O3. The SMILES string of the molecule is O=CC1OC2C=CC1O2. The second-order valence-corrected chi connectivity index (χ2v) is 2.09. The third-order valence-corrected chi connectivity index (χ3v) is 1.50. The van der Waals surface area contributed by atoms with Crippen LogP contribution in [0.4, 0.5) is 0 Å². The average Bonchev–Trinajstić information content (AvgIpc) is 2.45. The van der Waals surface area contributed by atoms with Crippen molar-refractivity contribution in [2.75, 3.05) is 0 Å². The van der Waals surface area contributed by atoms with Crippen LogP contribution in [0.15, 0.2) is 12.2 Å². The van der Waals surface area contributed by atoms with Crippen molar-refractivity contribution in [2.45, 2.75) is 18.5 Å². The number of hydrogen-bond acceptors (Lipinski definition) is 3. The molecule has 0 radical (unpaired) electrons. The first-order valence-electron chi connectivity index (χ1n) is 2.85. The zero-order chi connectivity index (χ0) is 6.27. The van der Waals surface area contributed by atoms with E-state index in [1.807, 2.05) is 12.2 Å². The predicted molar refractivity (Wildman–Crippen MR) is 28.7 cm³/mol. The molecule has 0 aromatic rings. The summed E-state index contributed by atoms with van der Waals surface area (Å²) in [7, 11) is 0. The average molecular weight is 126 g/mol. The normalized spacial score (nSPS) is 46.0. The maximum atomic E-state index is 10.2. The minimum atomic E-state index is -0.361. The van der Waals surface area contributed by atoms with Crippen molar-refractivity contribution in [1.82, 2.24) is 0 Å². The van der Waals surface area contributed by atoms with Crippen LogP contribution in [0.3, 0.4) is 0 Å². The molecular weight excluding hydrogens is 120 g/mol. The van der Waals surface area contributed by atoms with Gasteiger partial charge in [-0.15, -0.1) is 0 Å². The molecule has 2 heterocycles. The van der Waals surface area contributed by atoms with Gasteiger partial charge in [0.1, 0.15) is 12.2 Å². The molecule has 0 N–H and O–H groups in total. The number of rotatable bonds is 1. The van der Waals surface area contributed by atoms with Crippen molar-refractivity contribution < 1.29 is 14.3 Å².